The number of nitrogens with two attached hydrogens (primary N) is 1. The van der Waals surface area contributed by atoms with E-state index in [-0.39, 0.29) is 12.6 Å². The zero-order chi connectivity index (χ0) is 20.1. The lowest BCUT2D eigenvalue weighted by atomic mass is 10.0. The molecule has 0 spiro atoms. The number of aromatic nitrogens is 1. The maximum Gasteiger partial charge on any atom is 0.303 e. The van der Waals surface area contributed by atoms with Crippen LogP contribution in [-0.2, 0) is 20.9 Å². The third-order valence-corrected chi connectivity index (χ3v) is 5.09. The van der Waals surface area contributed by atoms with E-state index in [2.05, 4.69) is 21.7 Å². The SMILES string of the molecule is CC(=O)OCC=O.COc1cc2c3c(cnc2c(Cl)c1Cl)[C@H](CN)N(C)C3. The van der Waals surface area contributed by atoms with Crippen molar-refractivity contribution in [3.8, 4) is 5.75 Å². The number of carbonyl (C=O) groups excluding carboxylic acids is 2. The topological polar surface area (TPSA) is 94.8 Å². The van der Waals surface area contributed by atoms with Crippen LogP contribution in [0.3, 0.4) is 0 Å². The van der Waals surface area contributed by atoms with Crippen molar-refractivity contribution < 1.29 is 19.1 Å². The fraction of sp³-hybridized carbons (Fsp3) is 0.389. The number of hydrogen-bond donors (Lipinski definition) is 1. The Hall–Kier alpha value is -1.93. The van der Waals surface area contributed by atoms with Gasteiger partial charge in [-0.25, -0.2) is 0 Å². The fourth-order valence-electron chi connectivity index (χ4n) is 2.98. The van der Waals surface area contributed by atoms with E-state index in [0.29, 0.717) is 34.1 Å². The summed E-state index contributed by atoms with van der Waals surface area (Å²) >= 11 is 12.5. The highest BCUT2D eigenvalue weighted by Crippen LogP contribution is 2.42. The van der Waals surface area contributed by atoms with Crippen molar-refractivity contribution in [3.63, 3.8) is 0 Å². The van der Waals surface area contributed by atoms with Gasteiger partial charge in [0.15, 0.2) is 6.29 Å². The molecule has 2 aromatic rings. The molecule has 2 N–H and O–H groups in total. The quantitative estimate of drug-likeness (QED) is 0.607. The number of ether oxygens (including phenoxy) is 2. The molecule has 0 fully saturated rings. The molecule has 1 aliphatic heterocycles. The van der Waals surface area contributed by atoms with Gasteiger partial charge in [-0.1, -0.05) is 23.2 Å². The number of aldehydes is 1. The van der Waals surface area contributed by atoms with E-state index in [1.807, 2.05) is 12.3 Å². The molecule has 27 heavy (non-hydrogen) atoms. The number of benzene rings is 1. The minimum Gasteiger partial charge on any atom is -0.495 e. The molecule has 7 nitrogen and oxygen atoms in total. The van der Waals surface area contributed by atoms with Gasteiger partial charge in [-0.3, -0.25) is 19.5 Å². The third kappa shape index (κ3) is 4.50. The van der Waals surface area contributed by atoms with Crippen LogP contribution in [0.5, 0.6) is 5.75 Å². The number of likely N-dealkylation sites (N-methyl/N-ethyl adjacent to an activating group) is 1. The van der Waals surface area contributed by atoms with E-state index in [4.69, 9.17) is 33.7 Å². The highest BCUT2D eigenvalue weighted by Gasteiger charge is 2.29. The second kappa shape index (κ2) is 9.32. The van der Waals surface area contributed by atoms with Crippen LogP contribution in [0, 0.1) is 0 Å². The van der Waals surface area contributed by atoms with Gasteiger partial charge in [0.1, 0.15) is 17.4 Å². The van der Waals surface area contributed by atoms with E-state index >= 15 is 0 Å². The first-order chi connectivity index (χ1) is 12.8. The molecule has 0 saturated carbocycles. The molecule has 2 heterocycles. The summed E-state index contributed by atoms with van der Waals surface area (Å²) in [6, 6.07) is 2.10. The van der Waals surface area contributed by atoms with Crippen LogP contribution in [0.1, 0.15) is 24.1 Å². The average molecular weight is 414 g/mol. The maximum absolute atomic E-state index is 9.82. The lowest BCUT2D eigenvalue weighted by Crippen LogP contribution is -2.23. The number of pyridine rings is 1. The van der Waals surface area contributed by atoms with E-state index in [9.17, 15) is 9.59 Å². The summed E-state index contributed by atoms with van der Waals surface area (Å²) in [7, 11) is 3.63. The molecule has 0 saturated heterocycles. The number of esters is 1. The largest absolute Gasteiger partial charge is 0.495 e. The number of methoxy groups -OCH3 is 1. The monoisotopic (exact) mass is 413 g/mol. The van der Waals surface area contributed by atoms with Crippen LogP contribution in [0.25, 0.3) is 10.9 Å². The summed E-state index contributed by atoms with van der Waals surface area (Å²) < 4.78 is 9.48. The van der Waals surface area contributed by atoms with E-state index < -0.39 is 5.97 Å². The normalized spacial score (nSPS) is 15.7. The molecule has 0 aliphatic carbocycles. The minimum absolute atomic E-state index is 0.130. The van der Waals surface area contributed by atoms with Gasteiger partial charge in [0.2, 0.25) is 0 Å². The van der Waals surface area contributed by atoms with Gasteiger partial charge < -0.3 is 15.2 Å². The Kier molecular flexibility index (Phi) is 7.38. The van der Waals surface area contributed by atoms with Gasteiger partial charge in [-0.15, -0.1) is 0 Å². The Labute approximate surface area is 167 Å². The highest BCUT2D eigenvalue weighted by atomic mass is 35.5. The Morgan fingerprint density at radius 2 is 2.15 bits per heavy atom. The lowest BCUT2D eigenvalue weighted by molar-refractivity contribution is -0.143. The van der Waals surface area contributed by atoms with E-state index in [0.717, 1.165) is 17.5 Å². The smallest absolute Gasteiger partial charge is 0.303 e. The molecule has 3 rings (SSSR count). The van der Waals surface area contributed by atoms with Crippen LogP contribution in [0.15, 0.2) is 12.3 Å². The van der Waals surface area contributed by atoms with Crippen LogP contribution in [0.4, 0.5) is 0 Å². The average Bonchev–Trinajstić information content (AvgIpc) is 2.98. The number of fused-ring (bicyclic) bond motifs is 3. The molecule has 1 aromatic heterocycles. The van der Waals surface area contributed by atoms with Crippen molar-refractivity contribution in [2.24, 2.45) is 5.73 Å². The first-order valence-corrected chi connectivity index (χ1v) is 8.92. The second-order valence-corrected chi connectivity index (χ2v) is 6.69. The highest BCUT2D eigenvalue weighted by molar-refractivity contribution is 6.46. The summed E-state index contributed by atoms with van der Waals surface area (Å²) in [5.74, 6) is 0.144. The molecular formula is C18H21Cl2N3O4. The summed E-state index contributed by atoms with van der Waals surface area (Å²) in [5, 5.41) is 1.81. The van der Waals surface area contributed by atoms with Crippen LogP contribution in [-0.4, -0.2) is 49.4 Å². The van der Waals surface area contributed by atoms with Gasteiger partial charge >= 0.3 is 5.97 Å². The Morgan fingerprint density at radius 1 is 1.44 bits per heavy atom. The van der Waals surface area contributed by atoms with Gasteiger partial charge in [-0.05, 0) is 24.2 Å². The molecule has 9 heteroatoms. The summed E-state index contributed by atoms with van der Waals surface area (Å²) in [6.07, 6.45) is 2.38. The molecule has 1 aromatic carbocycles. The molecule has 0 bridgehead atoms. The number of nitrogens with zero attached hydrogens (tertiary/aromatic N) is 2. The summed E-state index contributed by atoms with van der Waals surface area (Å²) in [6.45, 7) is 2.51. The predicted octanol–water partition coefficient (Wildman–Crippen LogP) is 2.74. The standard InChI is InChI=1S/C14H15Cl2N3O.C4H6O3/c1-19-6-9-7-3-11(20-2)12(15)13(16)14(7)18-5-8(9)10(19)4-17;1-4(6)7-3-2-5/h3,5,10H,4,6,17H2,1-2H3;2H,3H2,1H3/t10-;/m0./s1. The van der Waals surface area contributed by atoms with Crippen LogP contribution in [0.2, 0.25) is 10.0 Å². The van der Waals surface area contributed by atoms with E-state index in [1.54, 1.807) is 7.11 Å². The number of hydrogen-bond acceptors (Lipinski definition) is 7. The first-order valence-electron chi connectivity index (χ1n) is 8.16. The third-order valence-electron chi connectivity index (χ3n) is 4.25. The molecule has 0 unspecified atom stereocenters. The zero-order valence-electron chi connectivity index (χ0n) is 15.3. The molecule has 1 aliphatic rings. The Morgan fingerprint density at radius 3 is 2.67 bits per heavy atom. The van der Waals surface area contributed by atoms with Crippen molar-refractivity contribution in [1.82, 2.24) is 9.88 Å². The summed E-state index contributed by atoms with van der Waals surface area (Å²) in [4.78, 5) is 25.9. The maximum atomic E-state index is 9.82. The molecular weight excluding hydrogens is 393 g/mol. The van der Waals surface area contributed by atoms with Crippen molar-refractivity contribution in [3.05, 3.63) is 33.4 Å². The van der Waals surface area contributed by atoms with Gasteiger partial charge in [0.25, 0.3) is 0 Å². The van der Waals surface area contributed by atoms with Crippen molar-refractivity contribution in [2.75, 3.05) is 27.3 Å². The van der Waals surface area contributed by atoms with Crippen molar-refractivity contribution in [1.29, 1.82) is 0 Å². The minimum atomic E-state index is -0.424. The molecule has 1 atom stereocenters. The van der Waals surface area contributed by atoms with Gasteiger partial charge in [-0.2, -0.15) is 0 Å². The summed E-state index contributed by atoms with van der Waals surface area (Å²) in [5.41, 5.74) is 8.92. The van der Waals surface area contributed by atoms with Crippen molar-refractivity contribution in [2.45, 2.75) is 19.5 Å². The lowest BCUT2D eigenvalue weighted by Gasteiger charge is -2.17. The van der Waals surface area contributed by atoms with Gasteiger partial charge in [0.05, 0.1) is 17.6 Å². The van der Waals surface area contributed by atoms with Crippen molar-refractivity contribution >= 4 is 46.4 Å². The Balaban J connectivity index is 0.000000321. The zero-order valence-corrected chi connectivity index (χ0v) is 16.8. The van der Waals surface area contributed by atoms with Crippen LogP contribution < -0.4 is 10.5 Å². The van der Waals surface area contributed by atoms with E-state index in [1.165, 1.54) is 12.5 Å². The molecule has 146 valence electrons. The molecule has 0 amide bonds. The Bertz CT molecular complexity index is 860. The van der Waals surface area contributed by atoms with Crippen LogP contribution >= 0.6 is 23.2 Å². The number of rotatable bonds is 4. The molecule has 0 radical (unpaired) electrons. The number of halogens is 2. The number of carbonyl (C=O) groups is 2. The first kappa shape index (κ1) is 21.4. The van der Waals surface area contributed by atoms with Gasteiger partial charge in [0, 0.05) is 37.6 Å². The fourth-order valence-corrected chi connectivity index (χ4v) is 3.45. The second-order valence-electron chi connectivity index (χ2n) is 5.93. The predicted molar refractivity (Wildman–Crippen MR) is 104 cm³/mol.